The second-order valence-electron chi connectivity index (χ2n) is 3.19. The van der Waals surface area contributed by atoms with Crippen LogP contribution in [0.1, 0.15) is 29.9 Å². The molecule has 0 aliphatic rings. The third-order valence-electron chi connectivity index (χ3n) is 2.11. The van der Waals surface area contributed by atoms with Crippen LogP contribution >= 0.6 is 0 Å². The van der Waals surface area contributed by atoms with Crippen LogP contribution < -0.4 is 5.73 Å². The topological polar surface area (TPSA) is 79.4 Å². The Balaban J connectivity index is 2.98. The van der Waals surface area contributed by atoms with Crippen molar-refractivity contribution in [3.05, 3.63) is 11.3 Å². The van der Waals surface area contributed by atoms with E-state index < -0.39 is 5.97 Å². The SMILES string of the molecule is CCOCc1c(C(=O)OCC)nn(C)c1N. The second kappa shape index (κ2) is 5.50. The second-order valence-corrected chi connectivity index (χ2v) is 3.19. The summed E-state index contributed by atoms with van der Waals surface area (Å²) in [4.78, 5) is 11.6. The van der Waals surface area contributed by atoms with Gasteiger partial charge in [-0.25, -0.2) is 4.79 Å². The number of nitrogens with two attached hydrogens (primary N) is 1. The van der Waals surface area contributed by atoms with Crippen LogP contribution in [-0.4, -0.2) is 29.0 Å². The first-order valence-corrected chi connectivity index (χ1v) is 5.18. The van der Waals surface area contributed by atoms with Crippen LogP contribution in [0.4, 0.5) is 5.82 Å². The molecule has 1 aromatic rings. The predicted octanol–water partition coefficient (Wildman–Crippen LogP) is 0.715. The average molecular weight is 227 g/mol. The zero-order valence-corrected chi connectivity index (χ0v) is 9.82. The number of carbonyl (C=O) groups excluding carboxylic acids is 1. The lowest BCUT2D eigenvalue weighted by Crippen LogP contribution is -2.09. The lowest BCUT2D eigenvalue weighted by atomic mass is 10.2. The number of nitrogens with zero attached hydrogens (tertiary/aromatic N) is 2. The van der Waals surface area contributed by atoms with Gasteiger partial charge >= 0.3 is 5.97 Å². The highest BCUT2D eigenvalue weighted by molar-refractivity contribution is 5.90. The van der Waals surface area contributed by atoms with Crippen molar-refractivity contribution < 1.29 is 14.3 Å². The number of carbonyl (C=O) groups is 1. The molecule has 0 bridgehead atoms. The smallest absolute Gasteiger partial charge is 0.359 e. The van der Waals surface area contributed by atoms with E-state index in [9.17, 15) is 4.79 Å². The minimum atomic E-state index is -0.468. The predicted molar refractivity (Wildman–Crippen MR) is 58.9 cm³/mol. The van der Waals surface area contributed by atoms with Crippen molar-refractivity contribution in [2.75, 3.05) is 18.9 Å². The Kier molecular flexibility index (Phi) is 4.30. The van der Waals surface area contributed by atoms with Crippen molar-refractivity contribution in [3.8, 4) is 0 Å². The summed E-state index contributed by atoms with van der Waals surface area (Å²) in [7, 11) is 1.67. The van der Waals surface area contributed by atoms with E-state index in [2.05, 4.69) is 5.10 Å². The number of anilines is 1. The first-order valence-electron chi connectivity index (χ1n) is 5.18. The van der Waals surface area contributed by atoms with E-state index >= 15 is 0 Å². The Morgan fingerprint density at radius 1 is 1.44 bits per heavy atom. The fourth-order valence-corrected chi connectivity index (χ4v) is 1.29. The first kappa shape index (κ1) is 12.5. The van der Waals surface area contributed by atoms with Crippen molar-refractivity contribution in [2.45, 2.75) is 20.5 Å². The number of hydrogen-bond acceptors (Lipinski definition) is 5. The molecular formula is C10H17N3O3. The summed E-state index contributed by atoms with van der Waals surface area (Å²) >= 11 is 0. The van der Waals surface area contributed by atoms with E-state index in [-0.39, 0.29) is 12.3 Å². The van der Waals surface area contributed by atoms with E-state index in [0.717, 1.165) is 0 Å². The number of aromatic nitrogens is 2. The average Bonchev–Trinajstić information content (AvgIpc) is 2.54. The van der Waals surface area contributed by atoms with Gasteiger partial charge in [0.05, 0.1) is 18.8 Å². The van der Waals surface area contributed by atoms with Crippen molar-refractivity contribution >= 4 is 11.8 Å². The minimum absolute atomic E-state index is 0.232. The summed E-state index contributed by atoms with van der Waals surface area (Å²) in [6.45, 7) is 4.74. The summed E-state index contributed by atoms with van der Waals surface area (Å²) in [6.07, 6.45) is 0. The molecule has 6 nitrogen and oxygen atoms in total. The molecule has 6 heteroatoms. The van der Waals surface area contributed by atoms with Gasteiger partial charge in [0.2, 0.25) is 0 Å². The van der Waals surface area contributed by atoms with Crippen LogP contribution in [0.5, 0.6) is 0 Å². The highest BCUT2D eigenvalue weighted by atomic mass is 16.5. The van der Waals surface area contributed by atoms with Crippen LogP contribution in [0.3, 0.4) is 0 Å². The van der Waals surface area contributed by atoms with E-state index in [1.165, 1.54) is 4.68 Å². The van der Waals surface area contributed by atoms with E-state index in [4.69, 9.17) is 15.2 Å². The van der Waals surface area contributed by atoms with Gasteiger partial charge in [-0.1, -0.05) is 0 Å². The molecule has 16 heavy (non-hydrogen) atoms. The van der Waals surface area contributed by atoms with Gasteiger partial charge in [-0.2, -0.15) is 5.10 Å². The van der Waals surface area contributed by atoms with Crippen molar-refractivity contribution in [1.29, 1.82) is 0 Å². The summed E-state index contributed by atoms with van der Waals surface area (Å²) in [5.74, 6) is -0.0407. The zero-order valence-electron chi connectivity index (χ0n) is 9.82. The number of hydrogen-bond donors (Lipinski definition) is 1. The monoisotopic (exact) mass is 227 g/mol. The van der Waals surface area contributed by atoms with Crippen molar-refractivity contribution in [1.82, 2.24) is 9.78 Å². The van der Waals surface area contributed by atoms with Gasteiger partial charge in [0.1, 0.15) is 5.82 Å². The normalized spacial score (nSPS) is 10.4. The summed E-state index contributed by atoms with van der Waals surface area (Å²) in [5.41, 5.74) is 6.61. The fraction of sp³-hybridized carbons (Fsp3) is 0.600. The largest absolute Gasteiger partial charge is 0.461 e. The molecule has 0 radical (unpaired) electrons. The van der Waals surface area contributed by atoms with Crippen molar-refractivity contribution in [3.63, 3.8) is 0 Å². The quantitative estimate of drug-likeness (QED) is 0.749. The maximum atomic E-state index is 11.6. The molecule has 0 fully saturated rings. The van der Waals surface area contributed by atoms with Gasteiger partial charge in [-0.15, -0.1) is 0 Å². The van der Waals surface area contributed by atoms with Gasteiger partial charge in [0, 0.05) is 13.7 Å². The molecule has 2 N–H and O–H groups in total. The molecule has 0 aliphatic heterocycles. The molecule has 0 spiro atoms. The lowest BCUT2D eigenvalue weighted by Gasteiger charge is -2.03. The Hall–Kier alpha value is -1.56. The van der Waals surface area contributed by atoms with Gasteiger partial charge in [0.15, 0.2) is 5.69 Å². The molecular weight excluding hydrogens is 210 g/mol. The van der Waals surface area contributed by atoms with Crippen molar-refractivity contribution in [2.24, 2.45) is 7.05 Å². The molecule has 0 amide bonds. The molecule has 0 atom stereocenters. The molecule has 0 aliphatic carbocycles. The molecule has 1 aromatic heterocycles. The highest BCUT2D eigenvalue weighted by Crippen LogP contribution is 2.18. The Labute approximate surface area is 94.3 Å². The molecule has 90 valence electrons. The van der Waals surface area contributed by atoms with E-state index in [1.807, 2.05) is 6.92 Å². The number of nitrogen functional groups attached to an aromatic ring is 1. The van der Waals surface area contributed by atoms with Crippen LogP contribution in [0.25, 0.3) is 0 Å². The Bertz CT molecular complexity index is 374. The Morgan fingerprint density at radius 3 is 2.69 bits per heavy atom. The zero-order chi connectivity index (χ0) is 12.1. The molecule has 0 aromatic carbocycles. The fourth-order valence-electron chi connectivity index (χ4n) is 1.29. The maximum absolute atomic E-state index is 11.6. The molecule has 1 heterocycles. The number of aryl methyl sites for hydroxylation is 1. The van der Waals surface area contributed by atoms with E-state index in [0.29, 0.717) is 24.6 Å². The molecule has 0 unspecified atom stereocenters. The minimum Gasteiger partial charge on any atom is -0.461 e. The third kappa shape index (κ3) is 2.52. The lowest BCUT2D eigenvalue weighted by molar-refractivity contribution is 0.0511. The van der Waals surface area contributed by atoms with Gasteiger partial charge < -0.3 is 15.2 Å². The van der Waals surface area contributed by atoms with Gasteiger partial charge in [-0.05, 0) is 13.8 Å². The molecule has 0 saturated heterocycles. The molecule has 1 rings (SSSR count). The highest BCUT2D eigenvalue weighted by Gasteiger charge is 2.21. The summed E-state index contributed by atoms with van der Waals surface area (Å²) in [5, 5.41) is 4.02. The number of ether oxygens (including phenoxy) is 2. The van der Waals surface area contributed by atoms with Crippen LogP contribution in [-0.2, 0) is 23.1 Å². The van der Waals surface area contributed by atoms with Gasteiger partial charge in [0.25, 0.3) is 0 Å². The van der Waals surface area contributed by atoms with Crippen LogP contribution in [0.15, 0.2) is 0 Å². The number of rotatable bonds is 5. The van der Waals surface area contributed by atoms with Gasteiger partial charge in [-0.3, -0.25) is 4.68 Å². The number of esters is 1. The van der Waals surface area contributed by atoms with Crippen LogP contribution in [0.2, 0.25) is 0 Å². The maximum Gasteiger partial charge on any atom is 0.359 e. The van der Waals surface area contributed by atoms with E-state index in [1.54, 1.807) is 14.0 Å². The molecule has 0 saturated carbocycles. The standard InChI is InChI=1S/C10H17N3O3/c1-4-15-6-7-8(10(14)16-5-2)12-13(3)9(7)11/h4-6,11H2,1-3H3. The third-order valence-corrected chi connectivity index (χ3v) is 2.11. The Morgan fingerprint density at radius 2 is 2.12 bits per heavy atom. The summed E-state index contributed by atoms with van der Waals surface area (Å²) in [6, 6.07) is 0. The first-order chi connectivity index (χ1) is 7.61. The summed E-state index contributed by atoms with van der Waals surface area (Å²) < 4.78 is 11.6. The van der Waals surface area contributed by atoms with Crippen LogP contribution in [0, 0.1) is 0 Å².